The maximum atomic E-state index is 14.0. The lowest BCUT2D eigenvalue weighted by Crippen LogP contribution is -2.31. The second-order valence-corrected chi connectivity index (χ2v) is 8.94. The van der Waals surface area contributed by atoms with E-state index in [1.807, 2.05) is 35.2 Å². The molecule has 5 rings (SSSR count). The lowest BCUT2D eigenvalue weighted by atomic mass is 10.0. The molecule has 0 bridgehead atoms. The van der Waals surface area contributed by atoms with Crippen molar-refractivity contribution in [2.24, 2.45) is 18.9 Å². The summed E-state index contributed by atoms with van der Waals surface area (Å²) in [5.41, 5.74) is 2.08. The SMILES string of the molecule is Cn1nc(-c2ccc(-c3ccc(C#N)c(F)c3)cc2)n(C[C@@H]2CCN(C(=O)C3CC3)C2)c1=O. The Kier molecular flexibility index (Phi) is 5.33. The largest absolute Gasteiger partial charge is 0.345 e. The first kappa shape index (κ1) is 21.1. The fraction of sp³-hybridized carbons (Fsp3) is 0.360. The van der Waals surface area contributed by atoms with Gasteiger partial charge in [0.15, 0.2) is 5.82 Å². The van der Waals surface area contributed by atoms with Gasteiger partial charge in [-0.3, -0.25) is 9.36 Å². The molecule has 1 amide bonds. The van der Waals surface area contributed by atoms with Crippen LogP contribution in [0.15, 0.2) is 47.3 Å². The Bertz CT molecular complexity index is 1310. The van der Waals surface area contributed by atoms with E-state index in [1.165, 1.54) is 16.8 Å². The molecule has 0 radical (unpaired) electrons. The zero-order valence-corrected chi connectivity index (χ0v) is 18.4. The molecule has 2 heterocycles. The predicted octanol–water partition coefficient (Wildman–Crippen LogP) is 3.19. The lowest BCUT2D eigenvalue weighted by molar-refractivity contribution is -0.131. The first-order valence-electron chi connectivity index (χ1n) is 11.2. The van der Waals surface area contributed by atoms with Gasteiger partial charge in [-0.25, -0.2) is 13.9 Å². The Morgan fingerprint density at radius 1 is 1.12 bits per heavy atom. The number of benzene rings is 2. The standard InChI is InChI=1S/C25H24FN5O2/c1-29-25(33)31(15-16-10-11-30(14-16)24(32)19-6-7-19)23(28-29)18-4-2-17(3-5-18)20-8-9-21(13-27)22(26)12-20/h2-5,8-9,12,16,19H,6-7,10-11,14-15H2,1H3/t16-/m1/s1. The smallest absolute Gasteiger partial charge is 0.342 e. The molecule has 1 aliphatic carbocycles. The van der Waals surface area contributed by atoms with Gasteiger partial charge in [0.1, 0.15) is 11.9 Å². The van der Waals surface area contributed by atoms with E-state index in [2.05, 4.69) is 5.10 Å². The summed E-state index contributed by atoms with van der Waals surface area (Å²) in [6.45, 7) is 1.94. The molecule has 1 saturated heterocycles. The van der Waals surface area contributed by atoms with Crippen LogP contribution in [0.4, 0.5) is 4.39 Å². The highest BCUT2D eigenvalue weighted by Gasteiger charge is 2.37. The van der Waals surface area contributed by atoms with Crippen molar-refractivity contribution in [1.82, 2.24) is 19.2 Å². The maximum Gasteiger partial charge on any atom is 0.345 e. The molecule has 7 nitrogen and oxygen atoms in total. The summed E-state index contributed by atoms with van der Waals surface area (Å²) in [5.74, 6) is 0.708. The lowest BCUT2D eigenvalue weighted by Gasteiger charge is -2.16. The highest BCUT2D eigenvalue weighted by Crippen LogP contribution is 2.33. The Labute approximate surface area is 190 Å². The first-order valence-corrected chi connectivity index (χ1v) is 11.2. The van der Waals surface area contributed by atoms with Gasteiger partial charge in [0.05, 0.1) is 5.56 Å². The molecule has 1 atom stereocenters. The van der Waals surface area contributed by atoms with Crippen molar-refractivity contribution in [2.45, 2.75) is 25.8 Å². The number of hydrogen-bond acceptors (Lipinski definition) is 4. The Hall–Kier alpha value is -3.73. The summed E-state index contributed by atoms with van der Waals surface area (Å²) in [4.78, 5) is 27.1. The van der Waals surface area contributed by atoms with Crippen LogP contribution in [0, 0.1) is 29.0 Å². The number of hydrogen-bond donors (Lipinski definition) is 0. The van der Waals surface area contributed by atoms with Crippen LogP contribution in [0.1, 0.15) is 24.8 Å². The normalized spacial score (nSPS) is 17.8. The van der Waals surface area contributed by atoms with Gasteiger partial charge in [-0.15, -0.1) is 5.10 Å². The van der Waals surface area contributed by atoms with Gasteiger partial charge >= 0.3 is 5.69 Å². The minimum atomic E-state index is -0.552. The van der Waals surface area contributed by atoms with Gasteiger partial charge in [-0.05, 0) is 48.4 Å². The van der Waals surface area contributed by atoms with Crippen molar-refractivity contribution in [1.29, 1.82) is 5.26 Å². The van der Waals surface area contributed by atoms with E-state index in [-0.39, 0.29) is 29.0 Å². The van der Waals surface area contributed by atoms with Crippen LogP contribution in [-0.4, -0.2) is 38.2 Å². The minimum Gasteiger partial charge on any atom is -0.342 e. The first-order chi connectivity index (χ1) is 15.9. The molecule has 2 fully saturated rings. The summed E-state index contributed by atoms with van der Waals surface area (Å²) >= 11 is 0. The second kappa shape index (κ2) is 8.32. The summed E-state index contributed by atoms with van der Waals surface area (Å²) < 4.78 is 17.0. The van der Waals surface area contributed by atoms with Crippen LogP contribution in [0.2, 0.25) is 0 Å². The monoisotopic (exact) mass is 445 g/mol. The number of aryl methyl sites for hydroxylation is 1. The van der Waals surface area contributed by atoms with Crippen molar-refractivity contribution in [2.75, 3.05) is 13.1 Å². The molecule has 3 aromatic rings. The van der Waals surface area contributed by atoms with Crippen LogP contribution in [0.3, 0.4) is 0 Å². The van der Waals surface area contributed by atoms with Crippen molar-refractivity contribution < 1.29 is 9.18 Å². The predicted molar refractivity (Wildman–Crippen MR) is 120 cm³/mol. The van der Waals surface area contributed by atoms with Gasteiger partial charge in [0.2, 0.25) is 5.91 Å². The fourth-order valence-corrected chi connectivity index (χ4v) is 4.51. The fourth-order valence-electron chi connectivity index (χ4n) is 4.51. The molecule has 0 spiro atoms. The average Bonchev–Trinajstić information content (AvgIpc) is 3.51. The molecule has 2 aliphatic rings. The molecule has 8 heteroatoms. The maximum absolute atomic E-state index is 14.0. The molecular formula is C25H24FN5O2. The van der Waals surface area contributed by atoms with Gasteiger partial charge in [-0.2, -0.15) is 5.26 Å². The van der Waals surface area contributed by atoms with Crippen LogP contribution < -0.4 is 5.69 Å². The summed E-state index contributed by atoms with van der Waals surface area (Å²) in [6, 6.07) is 13.8. The Morgan fingerprint density at radius 3 is 2.48 bits per heavy atom. The van der Waals surface area contributed by atoms with E-state index in [1.54, 1.807) is 17.7 Å². The van der Waals surface area contributed by atoms with Crippen molar-refractivity contribution in [3.05, 3.63) is 64.3 Å². The van der Waals surface area contributed by atoms with Crippen LogP contribution in [-0.2, 0) is 18.4 Å². The number of rotatable bonds is 5. The van der Waals surface area contributed by atoms with Crippen molar-refractivity contribution in [3.63, 3.8) is 0 Å². The molecule has 168 valence electrons. The quantitative estimate of drug-likeness (QED) is 0.604. The number of amides is 1. The molecule has 33 heavy (non-hydrogen) atoms. The number of aromatic nitrogens is 3. The zero-order valence-electron chi connectivity index (χ0n) is 18.4. The molecular weight excluding hydrogens is 421 g/mol. The summed E-state index contributed by atoms with van der Waals surface area (Å²) in [5, 5.41) is 13.4. The summed E-state index contributed by atoms with van der Waals surface area (Å²) in [6.07, 6.45) is 2.87. The van der Waals surface area contributed by atoms with Crippen LogP contribution >= 0.6 is 0 Å². The Balaban J connectivity index is 1.37. The van der Waals surface area contributed by atoms with Gasteiger partial charge in [0.25, 0.3) is 0 Å². The van der Waals surface area contributed by atoms with E-state index in [9.17, 15) is 14.0 Å². The summed E-state index contributed by atoms with van der Waals surface area (Å²) in [7, 11) is 1.63. The van der Waals surface area contributed by atoms with E-state index in [0.717, 1.165) is 36.9 Å². The van der Waals surface area contributed by atoms with Gasteiger partial charge < -0.3 is 4.90 Å². The van der Waals surface area contributed by atoms with Gasteiger partial charge in [0, 0.05) is 38.2 Å². The topological polar surface area (TPSA) is 83.9 Å². The minimum absolute atomic E-state index is 0.0113. The van der Waals surface area contributed by atoms with E-state index in [0.29, 0.717) is 24.5 Å². The number of likely N-dealkylation sites (tertiary alicyclic amines) is 1. The molecule has 1 aromatic heterocycles. The average molecular weight is 445 g/mol. The highest BCUT2D eigenvalue weighted by atomic mass is 19.1. The van der Waals surface area contributed by atoms with Crippen molar-refractivity contribution >= 4 is 5.91 Å². The van der Waals surface area contributed by atoms with E-state index >= 15 is 0 Å². The second-order valence-electron chi connectivity index (χ2n) is 8.94. The highest BCUT2D eigenvalue weighted by molar-refractivity contribution is 5.81. The Morgan fingerprint density at radius 2 is 1.82 bits per heavy atom. The molecule has 0 N–H and O–H groups in total. The third kappa shape index (κ3) is 4.07. The van der Waals surface area contributed by atoms with Crippen LogP contribution in [0.5, 0.6) is 0 Å². The third-order valence-corrected chi connectivity index (χ3v) is 6.54. The number of nitriles is 1. The zero-order chi connectivity index (χ0) is 23.1. The molecule has 0 unspecified atom stereocenters. The van der Waals surface area contributed by atoms with Crippen molar-refractivity contribution in [3.8, 4) is 28.6 Å². The number of carbonyl (C=O) groups excluding carboxylic acids is 1. The molecule has 1 aliphatic heterocycles. The number of halogens is 1. The number of carbonyl (C=O) groups is 1. The van der Waals surface area contributed by atoms with E-state index in [4.69, 9.17) is 5.26 Å². The molecule has 2 aromatic carbocycles. The number of nitrogens with zero attached hydrogens (tertiary/aromatic N) is 5. The third-order valence-electron chi connectivity index (χ3n) is 6.54. The van der Waals surface area contributed by atoms with Gasteiger partial charge in [-0.1, -0.05) is 30.3 Å². The van der Waals surface area contributed by atoms with E-state index < -0.39 is 5.82 Å². The van der Waals surface area contributed by atoms with Crippen LogP contribution in [0.25, 0.3) is 22.5 Å². The molecule has 1 saturated carbocycles.